The van der Waals surface area contributed by atoms with Crippen LogP contribution in [0.25, 0.3) is 0 Å². The molecule has 2 rings (SSSR count). The van der Waals surface area contributed by atoms with Crippen molar-refractivity contribution in [3.63, 3.8) is 0 Å². The second kappa shape index (κ2) is 6.29. The Morgan fingerprint density at radius 1 is 1.00 bits per heavy atom. The van der Waals surface area contributed by atoms with Crippen molar-refractivity contribution in [3.05, 3.63) is 53.5 Å². The van der Waals surface area contributed by atoms with Gasteiger partial charge in [0.15, 0.2) is 0 Å². The van der Waals surface area contributed by atoms with Gasteiger partial charge in [-0.1, -0.05) is 19.1 Å². The van der Waals surface area contributed by atoms with Gasteiger partial charge >= 0.3 is 0 Å². The minimum atomic E-state index is 0.572. The van der Waals surface area contributed by atoms with Gasteiger partial charge in [0.2, 0.25) is 0 Å². The van der Waals surface area contributed by atoms with Gasteiger partial charge in [-0.15, -0.1) is 0 Å². The monoisotopic (exact) mass is 256 g/mol. The van der Waals surface area contributed by atoms with Crippen LogP contribution in [0.5, 0.6) is 0 Å². The molecular weight excluding hydrogens is 236 g/mol. The highest BCUT2D eigenvalue weighted by Gasteiger charge is 2.07. The van der Waals surface area contributed by atoms with E-state index in [-0.39, 0.29) is 0 Å². The molecule has 0 aromatic carbocycles. The van der Waals surface area contributed by atoms with Gasteiger partial charge in [0.25, 0.3) is 0 Å². The molecule has 0 atom stereocenters. The van der Waals surface area contributed by atoms with Gasteiger partial charge in [-0.2, -0.15) is 0 Å². The fourth-order valence-corrected chi connectivity index (χ4v) is 2.01. The van der Waals surface area contributed by atoms with Gasteiger partial charge in [0.05, 0.1) is 11.4 Å². The van der Waals surface area contributed by atoms with E-state index in [2.05, 4.69) is 27.9 Å². The van der Waals surface area contributed by atoms with Crippen LogP contribution in [0.1, 0.15) is 24.0 Å². The molecule has 4 heteroatoms. The summed E-state index contributed by atoms with van der Waals surface area (Å²) in [5, 5.41) is 0. The number of pyridine rings is 2. The number of aryl methyl sites for hydroxylation is 1. The van der Waals surface area contributed by atoms with Crippen molar-refractivity contribution in [1.82, 2.24) is 14.9 Å². The highest BCUT2D eigenvalue weighted by molar-refractivity contribution is 5.28. The number of rotatable bonds is 5. The average Bonchev–Trinajstić information content (AvgIpc) is 2.38. The lowest BCUT2D eigenvalue weighted by atomic mass is 10.2. The Bertz CT molecular complexity index is 492. The van der Waals surface area contributed by atoms with Crippen molar-refractivity contribution in [2.24, 2.45) is 0 Å². The molecule has 0 bridgehead atoms. The molecule has 19 heavy (non-hydrogen) atoms. The zero-order chi connectivity index (χ0) is 13.7. The molecular formula is C15H20N4. The van der Waals surface area contributed by atoms with E-state index in [1.54, 1.807) is 0 Å². The largest absolute Gasteiger partial charge is 0.384 e. The molecule has 0 unspecified atom stereocenters. The van der Waals surface area contributed by atoms with Crippen LogP contribution in [0, 0.1) is 6.92 Å². The maximum atomic E-state index is 5.71. The number of nitrogens with zero attached hydrogens (tertiary/aromatic N) is 3. The van der Waals surface area contributed by atoms with E-state index in [9.17, 15) is 0 Å². The topological polar surface area (TPSA) is 55.0 Å². The molecule has 2 N–H and O–H groups in total. The summed E-state index contributed by atoms with van der Waals surface area (Å²) in [6, 6.07) is 11.9. The van der Waals surface area contributed by atoms with E-state index in [1.807, 2.05) is 37.3 Å². The van der Waals surface area contributed by atoms with E-state index >= 15 is 0 Å². The lowest BCUT2D eigenvalue weighted by molar-refractivity contribution is 0.265. The van der Waals surface area contributed by atoms with Crippen LogP contribution in [0.3, 0.4) is 0 Å². The third-order valence-corrected chi connectivity index (χ3v) is 2.99. The Kier molecular flexibility index (Phi) is 4.47. The fourth-order valence-electron chi connectivity index (χ4n) is 2.01. The van der Waals surface area contributed by atoms with E-state index in [0.29, 0.717) is 5.82 Å². The summed E-state index contributed by atoms with van der Waals surface area (Å²) >= 11 is 0. The Morgan fingerprint density at radius 2 is 1.63 bits per heavy atom. The molecule has 0 saturated heterocycles. The number of anilines is 1. The maximum Gasteiger partial charge on any atom is 0.123 e. The Balaban J connectivity index is 2.04. The third-order valence-electron chi connectivity index (χ3n) is 2.99. The van der Waals surface area contributed by atoms with Crippen molar-refractivity contribution < 1.29 is 0 Å². The summed E-state index contributed by atoms with van der Waals surface area (Å²) in [7, 11) is 0. The second-order valence-electron chi connectivity index (χ2n) is 4.63. The van der Waals surface area contributed by atoms with Crippen LogP contribution in [0.15, 0.2) is 36.4 Å². The molecule has 2 aromatic heterocycles. The summed E-state index contributed by atoms with van der Waals surface area (Å²) < 4.78 is 0. The minimum absolute atomic E-state index is 0.572. The Labute approximate surface area is 114 Å². The van der Waals surface area contributed by atoms with Gasteiger partial charge in [0.1, 0.15) is 5.82 Å². The first-order valence-electron chi connectivity index (χ1n) is 6.53. The normalized spacial score (nSPS) is 10.9. The molecule has 0 aliphatic rings. The predicted octanol–water partition coefficient (Wildman–Crippen LogP) is 2.39. The minimum Gasteiger partial charge on any atom is -0.384 e. The molecule has 4 nitrogen and oxygen atoms in total. The SMILES string of the molecule is CCN(Cc1cccc(C)n1)Cc1cccc(N)n1. The standard InChI is InChI=1S/C15H20N4/c1-3-19(10-13-7-4-6-12(2)17-13)11-14-8-5-9-15(16)18-14/h4-9H,3,10-11H2,1-2H3,(H2,16,18). The van der Waals surface area contributed by atoms with Crippen LogP contribution in [-0.4, -0.2) is 21.4 Å². The average molecular weight is 256 g/mol. The van der Waals surface area contributed by atoms with Gasteiger partial charge in [-0.3, -0.25) is 9.88 Å². The maximum absolute atomic E-state index is 5.71. The summed E-state index contributed by atoms with van der Waals surface area (Å²) in [5.41, 5.74) is 8.84. The summed E-state index contributed by atoms with van der Waals surface area (Å²) in [4.78, 5) is 11.2. The molecule has 0 amide bonds. The zero-order valence-electron chi connectivity index (χ0n) is 11.5. The smallest absolute Gasteiger partial charge is 0.123 e. The van der Waals surface area contributed by atoms with Crippen LogP contribution < -0.4 is 5.73 Å². The summed E-state index contributed by atoms with van der Waals surface area (Å²) in [6.45, 7) is 6.72. The first-order valence-corrected chi connectivity index (χ1v) is 6.53. The number of nitrogen functional groups attached to an aromatic ring is 1. The van der Waals surface area contributed by atoms with Crippen LogP contribution in [0.2, 0.25) is 0 Å². The van der Waals surface area contributed by atoms with Crippen molar-refractivity contribution in [3.8, 4) is 0 Å². The lowest BCUT2D eigenvalue weighted by Crippen LogP contribution is -2.23. The molecule has 0 saturated carbocycles. The number of hydrogen-bond donors (Lipinski definition) is 1. The number of aromatic nitrogens is 2. The van der Waals surface area contributed by atoms with Gasteiger partial charge in [-0.05, 0) is 37.7 Å². The van der Waals surface area contributed by atoms with E-state index in [1.165, 1.54) is 0 Å². The second-order valence-corrected chi connectivity index (χ2v) is 4.63. The van der Waals surface area contributed by atoms with Crippen molar-refractivity contribution in [2.45, 2.75) is 26.9 Å². The molecule has 2 aromatic rings. The Hall–Kier alpha value is -1.94. The van der Waals surface area contributed by atoms with Crippen LogP contribution >= 0.6 is 0 Å². The molecule has 0 aliphatic carbocycles. The first kappa shape index (κ1) is 13.5. The quantitative estimate of drug-likeness (QED) is 0.892. The molecule has 2 heterocycles. The van der Waals surface area contributed by atoms with Crippen LogP contribution in [-0.2, 0) is 13.1 Å². The van der Waals surface area contributed by atoms with E-state index in [0.717, 1.165) is 36.7 Å². The fraction of sp³-hybridized carbons (Fsp3) is 0.333. The van der Waals surface area contributed by atoms with E-state index < -0.39 is 0 Å². The van der Waals surface area contributed by atoms with Gasteiger partial charge in [0, 0.05) is 18.8 Å². The molecule has 100 valence electrons. The summed E-state index contributed by atoms with van der Waals surface area (Å²) in [5.74, 6) is 0.572. The third kappa shape index (κ3) is 4.03. The van der Waals surface area contributed by atoms with Gasteiger partial charge in [-0.25, -0.2) is 4.98 Å². The van der Waals surface area contributed by atoms with Crippen molar-refractivity contribution in [1.29, 1.82) is 0 Å². The van der Waals surface area contributed by atoms with Gasteiger partial charge < -0.3 is 5.73 Å². The Morgan fingerprint density at radius 3 is 2.21 bits per heavy atom. The highest BCUT2D eigenvalue weighted by Crippen LogP contribution is 2.08. The van der Waals surface area contributed by atoms with Crippen molar-refractivity contribution >= 4 is 5.82 Å². The van der Waals surface area contributed by atoms with E-state index in [4.69, 9.17) is 5.73 Å². The molecule has 0 aliphatic heterocycles. The number of nitrogens with two attached hydrogens (primary N) is 1. The molecule has 0 spiro atoms. The van der Waals surface area contributed by atoms with Crippen LogP contribution in [0.4, 0.5) is 5.82 Å². The molecule has 0 fully saturated rings. The lowest BCUT2D eigenvalue weighted by Gasteiger charge is -2.19. The highest BCUT2D eigenvalue weighted by atomic mass is 15.1. The predicted molar refractivity (Wildman–Crippen MR) is 77.4 cm³/mol. The number of hydrogen-bond acceptors (Lipinski definition) is 4. The first-order chi connectivity index (χ1) is 9.17. The molecule has 0 radical (unpaired) electrons. The summed E-state index contributed by atoms with van der Waals surface area (Å²) in [6.07, 6.45) is 0. The van der Waals surface area contributed by atoms with Crippen molar-refractivity contribution in [2.75, 3.05) is 12.3 Å². The zero-order valence-corrected chi connectivity index (χ0v) is 11.5.